The van der Waals surface area contributed by atoms with Gasteiger partial charge in [0.25, 0.3) is 0 Å². The minimum Gasteiger partial charge on any atom is -0.793 e. The second kappa shape index (κ2) is 39.9. The number of ether oxygens (including phenoxy) is 2. The minimum absolute atomic E-state index is 0. The molecule has 0 saturated heterocycles. The Morgan fingerprint density at radius 2 is 0.947 bits per heavy atom. The molecule has 0 aromatic rings. The average molecular weight is 704 g/mol. The number of esters is 2. The third-order valence-corrected chi connectivity index (χ3v) is 6.44. The normalized spacial score (nSPS) is 10.2. The van der Waals surface area contributed by atoms with Gasteiger partial charge in [0.05, 0.1) is 24.7 Å². The van der Waals surface area contributed by atoms with Gasteiger partial charge in [-0.1, -0.05) is 125 Å². The number of thiol groups is 2. The summed E-state index contributed by atoms with van der Waals surface area (Å²) in [5.74, 6) is 2.45. The fourth-order valence-corrected chi connectivity index (χ4v) is 3.75. The molecule has 0 unspecified atom stereocenters. The zero-order valence-electron chi connectivity index (χ0n) is 25.4. The van der Waals surface area contributed by atoms with E-state index in [9.17, 15) is 9.59 Å². The molecule has 8 heteroatoms. The summed E-state index contributed by atoms with van der Waals surface area (Å²) in [5, 5.41) is 0. The largest absolute Gasteiger partial charge is 0.793 e. The van der Waals surface area contributed by atoms with E-state index in [0.717, 1.165) is 43.3 Å². The number of hydrogen-bond acceptors (Lipinski definition) is 7. The maximum Gasteiger partial charge on any atom is 0.315 e. The van der Waals surface area contributed by atoms with Crippen LogP contribution in [0.5, 0.6) is 0 Å². The summed E-state index contributed by atoms with van der Waals surface area (Å²) in [6, 6.07) is 0. The monoisotopic (exact) mass is 702 g/mol. The second-order valence-electron chi connectivity index (χ2n) is 10.4. The molecular weight excluding hydrogens is 642 g/mol. The van der Waals surface area contributed by atoms with Crippen LogP contribution in [-0.4, -0.2) is 66.8 Å². The van der Waals surface area contributed by atoms with E-state index in [1.807, 2.05) is 0 Å². The summed E-state index contributed by atoms with van der Waals surface area (Å²) in [5.41, 5.74) is 0. The molecular formula is C30H61O4S3Sb-. The molecule has 3 radical (unpaired) electrons. The van der Waals surface area contributed by atoms with Crippen LogP contribution in [0.25, 0.3) is 0 Å². The molecule has 0 aliphatic carbocycles. The molecule has 4 nitrogen and oxygen atoms in total. The molecule has 0 aliphatic rings. The number of rotatable bonds is 22. The maximum absolute atomic E-state index is 10.7. The van der Waals surface area contributed by atoms with Gasteiger partial charge in [0.15, 0.2) is 0 Å². The summed E-state index contributed by atoms with van der Waals surface area (Å²) in [4.78, 5) is 21.3. The molecule has 0 saturated carbocycles. The van der Waals surface area contributed by atoms with Crippen molar-refractivity contribution in [3.63, 3.8) is 0 Å². The quantitative estimate of drug-likeness (QED) is 0.0389. The molecule has 0 spiro atoms. The van der Waals surface area contributed by atoms with E-state index in [2.05, 4.69) is 59.9 Å². The minimum atomic E-state index is -0.216. The van der Waals surface area contributed by atoms with Crippen LogP contribution in [0, 0.1) is 11.8 Å². The summed E-state index contributed by atoms with van der Waals surface area (Å²) in [6.45, 7) is 12.3. The Balaban J connectivity index is -0.000000226. The first-order valence-corrected chi connectivity index (χ1v) is 16.7. The van der Waals surface area contributed by atoms with Crippen molar-refractivity contribution in [3.05, 3.63) is 0 Å². The van der Waals surface area contributed by atoms with Crippen molar-refractivity contribution in [2.45, 2.75) is 137 Å². The molecule has 0 heterocycles. The van der Waals surface area contributed by atoms with Gasteiger partial charge in [0.1, 0.15) is 0 Å². The molecule has 0 amide bonds. The van der Waals surface area contributed by atoms with Gasteiger partial charge in [-0.15, -0.1) is 0 Å². The molecule has 0 bridgehead atoms. The van der Waals surface area contributed by atoms with Gasteiger partial charge >= 0.3 is 11.9 Å². The van der Waals surface area contributed by atoms with E-state index in [4.69, 9.17) is 22.1 Å². The van der Waals surface area contributed by atoms with Crippen molar-refractivity contribution >= 4 is 74.3 Å². The summed E-state index contributed by atoms with van der Waals surface area (Å²) < 4.78 is 9.77. The first kappa shape index (κ1) is 45.8. The van der Waals surface area contributed by atoms with Gasteiger partial charge in [-0.05, 0) is 24.7 Å². The van der Waals surface area contributed by atoms with Gasteiger partial charge in [0.2, 0.25) is 0 Å². The molecule has 0 fully saturated rings. The Morgan fingerprint density at radius 1 is 0.605 bits per heavy atom. The summed E-state index contributed by atoms with van der Waals surface area (Å²) >= 11 is 12.5. The molecule has 0 rings (SSSR count). The molecule has 229 valence electrons. The molecule has 0 atom stereocenters. The van der Waals surface area contributed by atoms with Gasteiger partial charge in [-0.25, -0.2) is 0 Å². The Kier molecular flexibility index (Phi) is 48.1. The van der Waals surface area contributed by atoms with E-state index in [1.165, 1.54) is 77.0 Å². The van der Waals surface area contributed by atoms with Crippen LogP contribution >= 0.6 is 25.3 Å². The van der Waals surface area contributed by atoms with E-state index in [-0.39, 0.29) is 47.9 Å². The van der Waals surface area contributed by atoms with Crippen molar-refractivity contribution in [2.24, 2.45) is 11.8 Å². The van der Waals surface area contributed by atoms with Crippen molar-refractivity contribution < 1.29 is 19.1 Å². The van der Waals surface area contributed by atoms with Gasteiger partial charge in [0, 0.05) is 24.4 Å². The van der Waals surface area contributed by atoms with Gasteiger partial charge < -0.3 is 22.1 Å². The van der Waals surface area contributed by atoms with Gasteiger partial charge in [-0.3, -0.25) is 9.59 Å². The van der Waals surface area contributed by atoms with Crippen LogP contribution in [0.4, 0.5) is 0 Å². The average Bonchev–Trinajstić information content (AvgIpc) is 2.87. The van der Waals surface area contributed by atoms with Crippen molar-refractivity contribution in [1.82, 2.24) is 0 Å². The zero-order valence-corrected chi connectivity index (χ0v) is 30.5. The fourth-order valence-electron chi connectivity index (χ4n) is 3.36. The van der Waals surface area contributed by atoms with Crippen LogP contribution in [0.2, 0.25) is 0 Å². The van der Waals surface area contributed by atoms with Crippen LogP contribution < -0.4 is 0 Å². The third-order valence-electron chi connectivity index (χ3n) is 5.63. The van der Waals surface area contributed by atoms with Crippen LogP contribution in [0.15, 0.2) is 0 Å². The molecule has 0 aromatic heterocycles. The second-order valence-corrected chi connectivity index (χ2v) is 11.5. The standard InChI is InChI=1S/2C10H20O2S.C10H22S.Sb/c2*1-9(2)6-4-3-5-7-12-10(11)8-13;1-2-3-4-5-6-7-8-9-10-11;/h2*9,13H,3-8H2,1-2H3;11H,2-10H2,1H3;/p-1. The Labute approximate surface area is 271 Å². The number of hydrogen-bond donors (Lipinski definition) is 2. The van der Waals surface area contributed by atoms with Crippen molar-refractivity contribution in [1.29, 1.82) is 0 Å². The van der Waals surface area contributed by atoms with Gasteiger partial charge in [-0.2, -0.15) is 31.0 Å². The van der Waals surface area contributed by atoms with Crippen LogP contribution in [0.3, 0.4) is 0 Å². The van der Waals surface area contributed by atoms with Crippen LogP contribution in [-0.2, 0) is 31.7 Å². The van der Waals surface area contributed by atoms with E-state index < -0.39 is 0 Å². The SMILES string of the molecule is CC(C)CCCCCOC(=O)CS.CC(C)CCCCCOC(=O)CS.CCCCCCCCCC[S-].[Sb]. The Morgan fingerprint density at radius 3 is 1.26 bits per heavy atom. The predicted molar refractivity (Wildman–Crippen MR) is 177 cm³/mol. The summed E-state index contributed by atoms with van der Waals surface area (Å²) in [6.07, 6.45) is 20.3. The van der Waals surface area contributed by atoms with Crippen LogP contribution in [0.1, 0.15) is 137 Å². The van der Waals surface area contributed by atoms with Crippen molar-refractivity contribution in [2.75, 3.05) is 30.5 Å². The van der Waals surface area contributed by atoms with E-state index >= 15 is 0 Å². The predicted octanol–water partition coefficient (Wildman–Crippen LogP) is 8.64. The third kappa shape index (κ3) is 49.7. The van der Waals surface area contributed by atoms with E-state index in [0.29, 0.717) is 13.2 Å². The molecule has 0 aromatic carbocycles. The van der Waals surface area contributed by atoms with E-state index in [1.54, 1.807) is 0 Å². The molecule has 0 N–H and O–H groups in total. The Bertz CT molecular complexity index is 427. The smallest absolute Gasteiger partial charge is 0.315 e. The molecule has 0 aliphatic heterocycles. The van der Waals surface area contributed by atoms with Crippen molar-refractivity contribution in [3.8, 4) is 0 Å². The first-order chi connectivity index (χ1) is 17.7. The first-order valence-electron chi connectivity index (χ1n) is 14.9. The molecule has 38 heavy (non-hydrogen) atoms. The number of unbranched alkanes of at least 4 members (excludes halogenated alkanes) is 11. The zero-order chi connectivity index (χ0) is 28.6. The Hall–Kier alpha value is 0.808. The summed E-state index contributed by atoms with van der Waals surface area (Å²) in [7, 11) is 0. The fraction of sp³-hybridized carbons (Fsp3) is 0.933. The maximum atomic E-state index is 10.7. The number of carbonyl (C=O) groups excluding carboxylic acids is 2. The number of carbonyl (C=O) groups is 2. The topological polar surface area (TPSA) is 52.6 Å².